The highest BCUT2D eigenvalue weighted by Crippen LogP contribution is 2.24. The van der Waals surface area contributed by atoms with E-state index in [2.05, 4.69) is 32.1 Å². The van der Waals surface area contributed by atoms with Crippen molar-refractivity contribution in [3.63, 3.8) is 0 Å². The molecule has 2 rings (SSSR count). The van der Waals surface area contributed by atoms with Crippen LogP contribution in [0.25, 0.3) is 0 Å². The Kier molecular flexibility index (Phi) is 6.17. The van der Waals surface area contributed by atoms with E-state index in [0.29, 0.717) is 12.3 Å². The highest BCUT2D eigenvalue weighted by molar-refractivity contribution is 5.70. The first-order valence-electron chi connectivity index (χ1n) is 7.05. The smallest absolute Gasteiger partial charge is 0.307 e. The van der Waals surface area contributed by atoms with Crippen LogP contribution in [0.5, 0.6) is 0 Å². The Balaban J connectivity index is 0.000000184. The molecule has 4 atom stereocenters. The summed E-state index contributed by atoms with van der Waals surface area (Å²) in [7, 11) is 0. The van der Waals surface area contributed by atoms with E-state index in [1.165, 1.54) is 12.8 Å². The summed E-state index contributed by atoms with van der Waals surface area (Å²) >= 11 is 0. The minimum atomic E-state index is -0.656. The van der Waals surface area contributed by atoms with Gasteiger partial charge in [0, 0.05) is 0 Å². The fraction of sp³-hybridized carbons (Fsp3) is 0.688. The molecule has 0 amide bonds. The van der Waals surface area contributed by atoms with Gasteiger partial charge in [0.25, 0.3) is 0 Å². The monoisotopic (exact) mass is 250 g/mol. The second kappa shape index (κ2) is 7.40. The van der Waals surface area contributed by atoms with Gasteiger partial charge in [-0.05, 0) is 43.4 Å². The first-order chi connectivity index (χ1) is 8.52. The number of hydrogen-bond donors (Lipinski definition) is 1. The fourth-order valence-electron chi connectivity index (χ4n) is 2.38. The van der Waals surface area contributed by atoms with Crippen LogP contribution in [-0.4, -0.2) is 11.1 Å². The highest BCUT2D eigenvalue weighted by Gasteiger charge is 2.24. The van der Waals surface area contributed by atoms with Crippen LogP contribution in [-0.2, 0) is 4.79 Å². The molecule has 0 fully saturated rings. The van der Waals surface area contributed by atoms with Crippen molar-refractivity contribution in [2.75, 3.05) is 0 Å². The number of allylic oxidation sites excluding steroid dienone is 4. The van der Waals surface area contributed by atoms with Crippen LogP contribution >= 0.6 is 0 Å². The molecule has 1 N–H and O–H groups in total. The molecule has 0 aromatic rings. The predicted molar refractivity (Wildman–Crippen MR) is 75.4 cm³/mol. The summed E-state index contributed by atoms with van der Waals surface area (Å²) in [5, 5.41) is 8.67. The number of rotatable bonds is 1. The molecular weight excluding hydrogens is 224 g/mol. The van der Waals surface area contributed by atoms with Gasteiger partial charge in [-0.15, -0.1) is 0 Å². The molecule has 0 saturated carbocycles. The van der Waals surface area contributed by atoms with E-state index in [1.807, 2.05) is 13.0 Å². The lowest BCUT2D eigenvalue weighted by Gasteiger charge is -2.20. The molecule has 0 aliphatic heterocycles. The van der Waals surface area contributed by atoms with Gasteiger partial charge in [0.1, 0.15) is 0 Å². The number of carboxylic acids is 1. The van der Waals surface area contributed by atoms with Crippen molar-refractivity contribution in [3.8, 4) is 0 Å². The molecule has 2 heteroatoms. The molecule has 0 heterocycles. The van der Waals surface area contributed by atoms with Gasteiger partial charge >= 0.3 is 5.97 Å². The molecule has 0 aromatic heterocycles. The first kappa shape index (κ1) is 15.0. The van der Waals surface area contributed by atoms with Gasteiger partial charge in [0.05, 0.1) is 5.92 Å². The molecule has 0 unspecified atom stereocenters. The molecule has 0 bridgehead atoms. The third kappa shape index (κ3) is 4.67. The van der Waals surface area contributed by atoms with E-state index in [4.69, 9.17) is 5.11 Å². The van der Waals surface area contributed by atoms with Crippen LogP contribution < -0.4 is 0 Å². The molecule has 2 aliphatic carbocycles. The lowest BCUT2D eigenvalue weighted by molar-refractivity contribution is -0.143. The van der Waals surface area contributed by atoms with E-state index >= 15 is 0 Å². The Morgan fingerprint density at radius 3 is 1.50 bits per heavy atom. The van der Waals surface area contributed by atoms with Gasteiger partial charge in [0.15, 0.2) is 0 Å². The maximum atomic E-state index is 10.5. The van der Waals surface area contributed by atoms with Gasteiger partial charge in [-0.3, -0.25) is 4.79 Å². The Bertz CT molecular complexity index is 305. The standard InChI is InChI=1S/C8H12O2.C8H14/c1-6-4-2-3-5-7(6)8(9)10;1-7-5-3-4-6-8(7)2/h2-3,6-7H,4-5H2,1H3,(H,9,10);3-4,7-8H,5-6H2,1-2H3/t6-,7+;7-,8+/m0./s1. The lowest BCUT2D eigenvalue weighted by atomic mass is 9.85. The van der Waals surface area contributed by atoms with Crippen LogP contribution in [0.15, 0.2) is 24.3 Å². The molecule has 0 spiro atoms. The lowest BCUT2D eigenvalue weighted by Crippen LogP contribution is -2.22. The van der Waals surface area contributed by atoms with Crippen LogP contribution in [0.1, 0.15) is 46.5 Å². The van der Waals surface area contributed by atoms with E-state index in [1.54, 1.807) is 0 Å². The minimum absolute atomic E-state index is 0.148. The van der Waals surface area contributed by atoms with Crippen molar-refractivity contribution < 1.29 is 9.90 Å². The summed E-state index contributed by atoms with van der Waals surface area (Å²) in [5.74, 6) is 1.34. The van der Waals surface area contributed by atoms with E-state index in [0.717, 1.165) is 18.3 Å². The minimum Gasteiger partial charge on any atom is -0.481 e. The summed E-state index contributed by atoms with van der Waals surface area (Å²) in [6.45, 7) is 6.64. The maximum absolute atomic E-state index is 10.5. The van der Waals surface area contributed by atoms with Gasteiger partial charge in [-0.2, -0.15) is 0 Å². The third-order valence-electron chi connectivity index (χ3n) is 4.22. The molecule has 0 radical (unpaired) electrons. The van der Waals surface area contributed by atoms with Crippen LogP contribution in [0.4, 0.5) is 0 Å². The van der Waals surface area contributed by atoms with Gasteiger partial charge in [0.2, 0.25) is 0 Å². The molecule has 102 valence electrons. The summed E-state index contributed by atoms with van der Waals surface area (Å²) in [6, 6.07) is 0. The molecular formula is C16H26O2. The van der Waals surface area contributed by atoms with Crippen LogP contribution in [0, 0.1) is 23.7 Å². The van der Waals surface area contributed by atoms with Crippen molar-refractivity contribution >= 4 is 5.97 Å². The Labute approximate surface area is 111 Å². The summed E-state index contributed by atoms with van der Waals surface area (Å²) in [6.07, 6.45) is 12.8. The molecule has 18 heavy (non-hydrogen) atoms. The topological polar surface area (TPSA) is 37.3 Å². The Morgan fingerprint density at radius 2 is 1.22 bits per heavy atom. The largest absolute Gasteiger partial charge is 0.481 e. The van der Waals surface area contributed by atoms with Crippen LogP contribution in [0.2, 0.25) is 0 Å². The van der Waals surface area contributed by atoms with Gasteiger partial charge in [-0.1, -0.05) is 45.1 Å². The third-order valence-corrected chi connectivity index (χ3v) is 4.22. The van der Waals surface area contributed by atoms with Crippen molar-refractivity contribution in [3.05, 3.63) is 24.3 Å². The molecule has 2 nitrogen and oxygen atoms in total. The quantitative estimate of drug-likeness (QED) is 0.705. The van der Waals surface area contributed by atoms with Crippen molar-refractivity contribution in [2.24, 2.45) is 23.7 Å². The van der Waals surface area contributed by atoms with Crippen molar-refractivity contribution in [1.82, 2.24) is 0 Å². The van der Waals surface area contributed by atoms with Crippen molar-refractivity contribution in [2.45, 2.75) is 46.5 Å². The van der Waals surface area contributed by atoms with Crippen molar-refractivity contribution in [1.29, 1.82) is 0 Å². The summed E-state index contributed by atoms with van der Waals surface area (Å²) in [5.41, 5.74) is 0. The van der Waals surface area contributed by atoms with Gasteiger partial charge < -0.3 is 5.11 Å². The average Bonchev–Trinajstić information content (AvgIpc) is 2.34. The maximum Gasteiger partial charge on any atom is 0.307 e. The van der Waals surface area contributed by atoms with E-state index in [-0.39, 0.29) is 5.92 Å². The Hall–Kier alpha value is -1.05. The first-order valence-corrected chi connectivity index (χ1v) is 7.05. The zero-order valence-corrected chi connectivity index (χ0v) is 11.8. The number of carboxylic acid groups (broad SMARTS) is 1. The number of carbonyl (C=O) groups is 1. The van der Waals surface area contributed by atoms with E-state index in [9.17, 15) is 4.79 Å². The SMILES string of the molecule is C[C@@H]1CC=CC[C@@H]1C.C[C@H]1CC=CC[C@H]1C(=O)O. The van der Waals surface area contributed by atoms with Crippen LogP contribution in [0.3, 0.4) is 0 Å². The molecule has 0 aromatic carbocycles. The number of hydrogen-bond acceptors (Lipinski definition) is 1. The zero-order chi connectivity index (χ0) is 13.5. The zero-order valence-electron chi connectivity index (χ0n) is 11.8. The summed E-state index contributed by atoms with van der Waals surface area (Å²) < 4.78 is 0. The average molecular weight is 250 g/mol. The second-order valence-corrected chi connectivity index (χ2v) is 5.76. The molecule has 0 saturated heterocycles. The Morgan fingerprint density at radius 1 is 0.833 bits per heavy atom. The van der Waals surface area contributed by atoms with E-state index < -0.39 is 5.97 Å². The number of aliphatic carboxylic acids is 1. The highest BCUT2D eigenvalue weighted by atomic mass is 16.4. The normalized spacial score (nSPS) is 34.6. The second-order valence-electron chi connectivity index (χ2n) is 5.76. The predicted octanol–water partition coefficient (Wildman–Crippen LogP) is 4.28. The fourth-order valence-corrected chi connectivity index (χ4v) is 2.38. The van der Waals surface area contributed by atoms with Gasteiger partial charge in [-0.25, -0.2) is 0 Å². The molecule has 2 aliphatic rings. The summed E-state index contributed by atoms with van der Waals surface area (Å²) in [4.78, 5) is 10.5.